The molecule has 2 atom stereocenters. The largest absolute Gasteiger partial charge is 0.480 e. The van der Waals surface area contributed by atoms with Gasteiger partial charge in [-0.1, -0.05) is 37.3 Å². The summed E-state index contributed by atoms with van der Waals surface area (Å²) in [4.78, 5) is 24.8. The van der Waals surface area contributed by atoms with E-state index in [9.17, 15) is 14.7 Å². The second-order valence-corrected chi connectivity index (χ2v) is 4.76. The summed E-state index contributed by atoms with van der Waals surface area (Å²) in [5.74, 6) is -0.712. The first-order valence-corrected chi connectivity index (χ1v) is 6.14. The maximum atomic E-state index is 11.5. The summed E-state index contributed by atoms with van der Waals surface area (Å²) < 4.78 is 0. The van der Waals surface area contributed by atoms with Crippen LogP contribution in [-0.4, -0.2) is 34.8 Å². The zero-order chi connectivity index (χ0) is 13.1. The molecule has 4 nitrogen and oxygen atoms in total. The molecule has 1 saturated heterocycles. The fourth-order valence-electron chi connectivity index (χ4n) is 2.42. The third-order valence-electron chi connectivity index (χ3n) is 3.42. The second-order valence-electron chi connectivity index (χ2n) is 4.76. The molecule has 2 rings (SSSR count). The van der Waals surface area contributed by atoms with Gasteiger partial charge in [-0.2, -0.15) is 0 Å². The quantitative estimate of drug-likeness (QED) is 0.883. The minimum atomic E-state index is -0.859. The molecule has 1 fully saturated rings. The summed E-state index contributed by atoms with van der Waals surface area (Å²) in [7, 11) is 0. The third kappa shape index (κ3) is 2.59. The van der Waals surface area contributed by atoms with Gasteiger partial charge in [-0.25, -0.2) is 0 Å². The number of carboxylic acids is 1. The molecule has 1 aliphatic rings. The van der Waals surface area contributed by atoms with Crippen LogP contribution >= 0.6 is 0 Å². The highest BCUT2D eigenvalue weighted by Gasteiger charge is 2.33. The summed E-state index contributed by atoms with van der Waals surface area (Å²) in [5.41, 5.74) is 0.770. The van der Waals surface area contributed by atoms with E-state index in [1.807, 2.05) is 42.2 Å². The van der Waals surface area contributed by atoms with Crippen molar-refractivity contribution in [2.24, 2.45) is 5.92 Å². The molecule has 0 saturated carbocycles. The molecular formula is C14H17NO3. The van der Waals surface area contributed by atoms with Gasteiger partial charge in [0.1, 0.15) is 11.8 Å². The topological polar surface area (TPSA) is 57.6 Å². The van der Waals surface area contributed by atoms with E-state index in [4.69, 9.17) is 0 Å². The SMILES string of the molecule is CC1CN(C(C(=O)O)c2ccccc2)CCC1=O. The van der Waals surface area contributed by atoms with Crippen LogP contribution in [0.3, 0.4) is 0 Å². The van der Waals surface area contributed by atoms with Crippen molar-refractivity contribution in [3.63, 3.8) is 0 Å². The normalized spacial score (nSPS) is 22.7. The molecule has 4 heteroatoms. The van der Waals surface area contributed by atoms with Gasteiger partial charge in [0.2, 0.25) is 0 Å². The first-order valence-electron chi connectivity index (χ1n) is 6.14. The van der Waals surface area contributed by atoms with Gasteiger partial charge in [0.15, 0.2) is 0 Å². The van der Waals surface area contributed by atoms with Crippen molar-refractivity contribution in [1.29, 1.82) is 0 Å². The Morgan fingerprint density at radius 3 is 2.61 bits per heavy atom. The van der Waals surface area contributed by atoms with Crippen LogP contribution in [0, 0.1) is 5.92 Å². The number of carboxylic acid groups (broad SMARTS) is 1. The molecule has 0 aromatic heterocycles. The van der Waals surface area contributed by atoms with Crippen molar-refractivity contribution in [2.45, 2.75) is 19.4 Å². The number of benzene rings is 1. The number of carbonyl (C=O) groups is 2. The lowest BCUT2D eigenvalue weighted by atomic mass is 9.95. The number of Topliss-reactive ketones (excluding diaryl/α,β-unsaturated/α-hetero) is 1. The Bertz CT molecular complexity index is 444. The molecule has 1 aromatic rings. The molecule has 0 radical (unpaired) electrons. The molecule has 2 unspecified atom stereocenters. The van der Waals surface area contributed by atoms with Gasteiger partial charge in [0.05, 0.1) is 0 Å². The number of rotatable bonds is 3. The van der Waals surface area contributed by atoms with Crippen molar-refractivity contribution < 1.29 is 14.7 Å². The fraction of sp³-hybridized carbons (Fsp3) is 0.429. The zero-order valence-electron chi connectivity index (χ0n) is 10.4. The average molecular weight is 247 g/mol. The molecule has 0 spiro atoms. The Morgan fingerprint density at radius 1 is 1.39 bits per heavy atom. The summed E-state index contributed by atoms with van der Waals surface area (Å²) in [6.07, 6.45) is 0.442. The summed E-state index contributed by atoms with van der Waals surface area (Å²) in [6, 6.07) is 8.53. The van der Waals surface area contributed by atoms with E-state index in [2.05, 4.69) is 0 Å². The molecule has 1 N–H and O–H groups in total. The predicted molar refractivity (Wildman–Crippen MR) is 67.2 cm³/mol. The van der Waals surface area contributed by atoms with Crippen molar-refractivity contribution >= 4 is 11.8 Å². The number of likely N-dealkylation sites (tertiary alicyclic amines) is 1. The standard InChI is InChI=1S/C14H17NO3/c1-10-9-15(8-7-12(10)16)13(14(17)18)11-5-3-2-4-6-11/h2-6,10,13H,7-9H2,1H3,(H,17,18). The van der Waals surface area contributed by atoms with Crippen molar-refractivity contribution in [1.82, 2.24) is 4.90 Å². The lowest BCUT2D eigenvalue weighted by Crippen LogP contribution is -2.44. The van der Waals surface area contributed by atoms with Gasteiger partial charge in [0, 0.05) is 25.4 Å². The summed E-state index contributed by atoms with van der Waals surface area (Å²) in [5, 5.41) is 9.40. The number of ketones is 1. The Balaban J connectivity index is 2.22. The minimum Gasteiger partial charge on any atom is -0.480 e. The van der Waals surface area contributed by atoms with Crippen LogP contribution < -0.4 is 0 Å². The average Bonchev–Trinajstić information content (AvgIpc) is 2.35. The van der Waals surface area contributed by atoms with Crippen LogP contribution in [0.15, 0.2) is 30.3 Å². The van der Waals surface area contributed by atoms with E-state index in [-0.39, 0.29) is 11.7 Å². The maximum absolute atomic E-state index is 11.5. The highest BCUT2D eigenvalue weighted by atomic mass is 16.4. The van der Waals surface area contributed by atoms with Gasteiger partial charge < -0.3 is 5.11 Å². The molecule has 0 aliphatic carbocycles. The monoisotopic (exact) mass is 247 g/mol. The first kappa shape index (κ1) is 12.8. The number of piperidine rings is 1. The lowest BCUT2D eigenvalue weighted by Gasteiger charge is -2.34. The zero-order valence-corrected chi connectivity index (χ0v) is 10.4. The maximum Gasteiger partial charge on any atom is 0.325 e. The van der Waals surface area contributed by atoms with Gasteiger partial charge in [-0.05, 0) is 5.56 Å². The highest BCUT2D eigenvalue weighted by molar-refractivity contribution is 5.82. The van der Waals surface area contributed by atoms with E-state index in [0.717, 1.165) is 5.56 Å². The molecule has 1 aliphatic heterocycles. The van der Waals surface area contributed by atoms with Crippen LogP contribution in [0.2, 0.25) is 0 Å². The van der Waals surface area contributed by atoms with Crippen molar-refractivity contribution in [2.75, 3.05) is 13.1 Å². The molecule has 96 valence electrons. The Hall–Kier alpha value is -1.68. The van der Waals surface area contributed by atoms with Crippen molar-refractivity contribution in [3.8, 4) is 0 Å². The van der Waals surface area contributed by atoms with Gasteiger partial charge in [0.25, 0.3) is 0 Å². The van der Waals surface area contributed by atoms with E-state index >= 15 is 0 Å². The third-order valence-corrected chi connectivity index (χ3v) is 3.42. The van der Waals surface area contributed by atoms with Gasteiger partial charge in [-0.3, -0.25) is 14.5 Å². The smallest absolute Gasteiger partial charge is 0.325 e. The number of hydrogen-bond acceptors (Lipinski definition) is 3. The van der Waals surface area contributed by atoms with Crippen LogP contribution in [0.4, 0.5) is 0 Å². The molecular weight excluding hydrogens is 230 g/mol. The van der Waals surface area contributed by atoms with E-state index in [0.29, 0.717) is 19.5 Å². The number of aliphatic carboxylic acids is 1. The summed E-state index contributed by atoms with van der Waals surface area (Å²) in [6.45, 7) is 2.90. The molecule has 1 aromatic carbocycles. The Morgan fingerprint density at radius 2 is 2.06 bits per heavy atom. The first-order chi connectivity index (χ1) is 8.59. The highest BCUT2D eigenvalue weighted by Crippen LogP contribution is 2.25. The fourth-order valence-corrected chi connectivity index (χ4v) is 2.42. The second kappa shape index (κ2) is 5.31. The van der Waals surface area contributed by atoms with E-state index in [1.165, 1.54) is 0 Å². The van der Waals surface area contributed by atoms with Crippen molar-refractivity contribution in [3.05, 3.63) is 35.9 Å². The molecule has 0 amide bonds. The Kier molecular flexibility index (Phi) is 3.77. The number of hydrogen-bond donors (Lipinski definition) is 1. The van der Waals surface area contributed by atoms with E-state index in [1.54, 1.807) is 0 Å². The van der Waals surface area contributed by atoms with Crippen LogP contribution in [0.5, 0.6) is 0 Å². The van der Waals surface area contributed by atoms with Gasteiger partial charge >= 0.3 is 5.97 Å². The van der Waals surface area contributed by atoms with Crippen LogP contribution in [-0.2, 0) is 9.59 Å². The minimum absolute atomic E-state index is 0.0793. The number of carbonyl (C=O) groups excluding carboxylic acids is 1. The van der Waals surface area contributed by atoms with Crippen LogP contribution in [0.1, 0.15) is 24.9 Å². The molecule has 18 heavy (non-hydrogen) atoms. The predicted octanol–water partition coefficient (Wildman–Crippen LogP) is 1.72. The number of nitrogens with zero attached hydrogens (tertiary/aromatic N) is 1. The summed E-state index contributed by atoms with van der Waals surface area (Å²) >= 11 is 0. The van der Waals surface area contributed by atoms with E-state index < -0.39 is 12.0 Å². The lowest BCUT2D eigenvalue weighted by molar-refractivity contribution is -0.146. The Labute approximate surface area is 106 Å². The van der Waals surface area contributed by atoms with Gasteiger partial charge in [-0.15, -0.1) is 0 Å². The van der Waals surface area contributed by atoms with Crippen LogP contribution in [0.25, 0.3) is 0 Å². The molecule has 1 heterocycles. The molecule has 0 bridgehead atoms.